The van der Waals surface area contributed by atoms with Crippen molar-refractivity contribution in [1.82, 2.24) is 9.91 Å². The molecule has 2 amide bonds. The van der Waals surface area contributed by atoms with E-state index in [9.17, 15) is 22.4 Å². The molecule has 230 valence electrons. The standard InChI is InChI=1S/C29H32F5N7O2/c1-43-15-20-5-3-11-40(20)10-2-4-19-14-21(26-27(35)36-16-37-41(19)26)17-6-9-24(23(31)12-17)38-28(42)39-25-13-18(29(32,33)34)7-8-22(25)30/h6-9,12-13,16,19-20H,2-5,10-11,14-15H2,1H3,(H2,35,36,37)(H2,38,39,42). The van der Waals surface area contributed by atoms with Gasteiger partial charge in [-0.05, 0) is 86.7 Å². The smallest absolute Gasteiger partial charge is 0.383 e. The molecule has 0 spiro atoms. The molecule has 0 saturated carbocycles. The first-order valence-electron chi connectivity index (χ1n) is 13.9. The molecule has 2 aromatic carbocycles. The lowest BCUT2D eigenvalue weighted by Crippen LogP contribution is -2.36. The third kappa shape index (κ3) is 6.80. The number of fused-ring (bicyclic) bond motifs is 1. The van der Waals surface area contributed by atoms with Crippen LogP contribution in [0.4, 0.5) is 38.1 Å². The summed E-state index contributed by atoms with van der Waals surface area (Å²) >= 11 is 0. The first-order valence-corrected chi connectivity index (χ1v) is 13.9. The topological polar surface area (TPSA) is 108 Å². The van der Waals surface area contributed by atoms with Crippen molar-refractivity contribution >= 4 is 35.2 Å². The molecule has 14 heteroatoms. The number of hydrogen-bond acceptors (Lipinski definition) is 7. The number of nitrogens with two attached hydrogens (primary N) is 1. The summed E-state index contributed by atoms with van der Waals surface area (Å²) in [6.45, 7) is 2.68. The largest absolute Gasteiger partial charge is 0.416 e. The number of amidine groups is 1. The van der Waals surface area contributed by atoms with Crippen molar-refractivity contribution in [2.45, 2.75) is 50.4 Å². The van der Waals surface area contributed by atoms with Gasteiger partial charge in [0.25, 0.3) is 0 Å². The van der Waals surface area contributed by atoms with Gasteiger partial charge < -0.3 is 21.1 Å². The van der Waals surface area contributed by atoms with E-state index in [1.165, 1.54) is 18.5 Å². The van der Waals surface area contributed by atoms with Crippen LogP contribution in [0.1, 0.15) is 43.2 Å². The molecule has 3 aliphatic heterocycles. The van der Waals surface area contributed by atoms with Crippen molar-refractivity contribution in [3.8, 4) is 0 Å². The maximum absolute atomic E-state index is 15.2. The number of likely N-dealkylation sites (tertiary alicyclic amines) is 1. The number of nitrogens with zero attached hydrogens (tertiary/aromatic N) is 4. The minimum atomic E-state index is -4.73. The molecule has 0 aliphatic carbocycles. The predicted molar refractivity (Wildman–Crippen MR) is 153 cm³/mol. The summed E-state index contributed by atoms with van der Waals surface area (Å²) in [5, 5.41) is 10.5. The number of carbonyl (C=O) groups excluding carboxylic acids is 1. The fourth-order valence-corrected chi connectivity index (χ4v) is 5.83. The SMILES string of the molecule is COCC1CCCN1CCCC1CC(c2ccc(NC(=O)Nc3cc(C(F)(F)F)ccc3F)c(F)c2)=C2C(N)=NC=NN21. The number of carbonyl (C=O) groups is 1. The third-order valence-electron chi connectivity index (χ3n) is 7.86. The quantitative estimate of drug-likeness (QED) is 0.322. The van der Waals surface area contributed by atoms with Crippen LogP contribution >= 0.6 is 0 Å². The summed E-state index contributed by atoms with van der Waals surface area (Å²) in [5.74, 6) is -1.61. The number of hydrazone groups is 1. The highest BCUT2D eigenvalue weighted by Crippen LogP contribution is 2.39. The van der Waals surface area contributed by atoms with Crippen molar-refractivity contribution in [3.05, 3.63) is 64.9 Å². The summed E-state index contributed by atoms with van der Waals surface area (Å²) in [6, 6.07) is 5.07. The molecule has 0 bridgehead atoms. The molecule has 5 rings (SSSR count). The second-order valence-corrected chi connectivity index (χ2v) is 10.7. The average Bonchev–Trinajstić information content (AvgIpc) is 3.56. The van der Waals surface area contributed by atoms with Crippen LogP contribution in [0.2, 0.25) is 0 Å². The summed E-state index contributed by atoms with van der Waals surface area (Å²) < 4.78 is 73.5. The molecule has 2 aromatic rings. The van der Waals surface area contributed by atoms with E-state index in [0.717, 1.165) is 44.3 Å². The van der Waals surface area contributed by atoms with Crippen molar-refractivity contribution < 1.29 is 31.5 Å². The fourth-order valence-electron chi connectivity index (χ4n) is 5.83. The lowest BCUT2D eigenvalue weighted by Gasteiger charge is -2.28. The number of halogens is 5. The van der Waals surface area contributed by atoms with Gasteiger partial charge in [-0.1, -0.05) is 6.07 Å². The molecule has 4 N–H and O–H groups in total. The van der Waals surface area contributed by atoms with Crippen LogP contribution in [0.25, 0.3) is 5.57 Å². The Kier molecular flexibility index (Phi) is 8.97. The maximum atomic E-state index is 15.2. The van der Waals surface area contributed by atoms with Crippen LogP contribution in [0.15, 0.2) is 52.2 Å². The summed E-state index contributed by atoms with van der Waals surface area (Å²) in [6.07, 6.45) is 1.23. The molecule has 1 fully saturated rings. The summed E-state index contributed by atoms with van der Waals surface area (Å²) in [7, 11) is 1.71. The van der Waals surface area contributed by atoms with Gasteiger partial charge in [0.2, 0.25) is 0 Å². The normalized spacial score (nSPS) is 20.4. The Labute approximate surface area is 245 Å². The summed E-state index contributed by atoms with van der Waals surface area (Å²) in [5.41, 5.74) is 6.02. The molecule has 9 nitrogen and oxygen atoms in total. The Morgan fingerprint density at radius 1 is 1.09 bits per heavy atom. The van der Waals surface area contributed by atoms with Crippen LogP contribution in [0, 0.1) is 11.6 Å². The number of amides is 2. The summed E-state index contributed by atoms with van der Waals surface area (Å²) in [4.78, 5) is 19.0. The minimum Gasteiger partial charge on any atom is -0.383 e. The molecule has 43 heavy (non-hydrogen) atoms. The molecule has 1 saturated heterocycles. The zero-order valence-electron chi connectivity index (χ0n) is 23.4. The number of rotatable bonds is 9. The number of hydrogen-bond donors (Lipinski definition) is 3. The van der Waals surface area contributed by atoms with Gasteiger partial charge in [-0.15, -0.1) is 0 Å². The van der Waals surface area contributed by atoms with Crippen molar-refractivity contribution in [1.29, 1.82) is 0 Å². The second-order valence-electron chi connectivity index (χ2n) is 10.7. The number of methoxy groups -OCH3 is 1. The zero-order valence-corrected chi connectivity index (χ0v) is 23.4. The Morgan fingerprint density at radius 3 is 2.63 bits per heavy atom. The molecule has 0 radical (unpaired) electrons. The number of nitrogens with one attached hydrogen (secondary N) is 2. The van der Waals surface area contributed by atoms with E-state index in [4.69, 9.17) is 10.5 Å². The van der Waals surface area contributed by atoms with Gasteiger partial charge in [-0.3, -0.25) is 9.91 Å². The minimum absolute atomic E-state index is 0.00669. The van der Waals surface area contributed by atoms with Gasteiger partial charge >= 0.3 is 12.2 Å². The van der Waals surface area contributed by atoms with E-state index in [2.05, 4.69) is 20.3 Å². The Hall–Kier alpha value is -4.04. The molecule has 3 aliphatic rings. The van der Waals surface area contributed by atoms with Crippen LogP contribution in [0.5, 0.6) is 0 Å². The van der Waals surface area contributed by atoms with E-state index in [0.29, 0.717) is 48.5 Å². The zero-order chi connectivity index (χ0) is 30.7. The number of urea groups is 1. The Bertz CT molecular complexity index is 1460. The van der Waals surface area contributed by atoms with Gasteiger partial charge in [0, 0.05) is 13.2 Å². The number of benzene rings is 2. The van der Waals surface area contributed by atoms with Crippen LogP contribution in [0.3, 0.4) is 0 Å². The predicted octanol–water partition coefficient (Wildman–Crippen LogP) is 5.62. The third-order valence-corrected chi connectivity index (χ3v) is 7.86. The van der Waals surface area contributed by atoms with Crippen LogP contribution < -0.4 is 16.4 Å². The number of aliphatic imine (C=N–C) groups is 1. The van der Waals surface area contributed by atoms with Crippen LogP contribution in [-0.4, -0.2) is 67.0 Å². The molecular weight excluding hydrogens is 573 g/mol. The van der Waals surface area contributed by atoms with E-state index >= 15 is 4.39 Å². The van der Waals surface area contributed by atoms with Crippen molar-refractivity contribution in [3.63, 3.8) is 0 Å². The van der Waals surface area contributed by atoms with Gasteiger partial charge in [-0.25, -0.2) is 18.6 Å². The first-order chi connectivity index (χ1) is 20.5. The highest BCUT2D eigenvalue weighted by molar-refractivity contribution is 6.08. The number of anilines is 2. The molecular formula is C29H32F5N7O2. The van der Waals surface area contributed by atoms with E-state index in [-0.39, 0.29) is 17.6 Å². The monoisotopic (exact) mass is 605 g/mol. The van der Waals surface area contributed by atoms with E-state index < -0.39 is 35.1 Å². The van der Waals surface area contributed by atoms with Gasteiger partial charge in [0.1, 0.15) is 23.7 Å². The number of ether oxygens (including phenoxy) is 1. The van der Waals surface area contributed by atoms with E-state index in [1.807, 2.05) is 10.3 Å². The van der Waals surface area contributed by atoms with E-state index in [1.54, 1.807) is 13.2 Å². The first kappa shape index (κ1) is 30.4. The van der Waals surface area contributed by atoms with Crippen molar-refractivity contribution in [2.24, 2.45) is 15.8 Å². The second kappa shape index (κ2) is 12.7. The lowest BCUT2D eigenvalue weighted by molar-refractivity contribution is -0.137. The lowest BCUT2D eigenvalue weighted by atomic mass is 9.98. The Morgan fingerprint density at radius 2 is 1.88 bits per heavy atom. The van der Waals surface area contributed by atoms with Crippen LogP contribution in [-0.2, 0) is 10.9 Å². The average molecular weight is 606 g/mol. The van der Waals surface area contributed by atoms with Gasteiger partial charge in [0.15, 0.2) is 5.84 Å². The Balaban J connectivity index is 1.26. The molecule has 2 unspecified atom stereocenters. The molecule has 3 heterocycles. The van der Waals surface area contributed by atoms with Gasteiger partial charge in [0.05, 0.1) is 29.6 Å². The maximum Gasteiger partial charge on any atom is 0.416 e. The molecule has 2 atom stereocenters. The van der Waals surface area contributed by atoms with Gasteiger partial charge in [-0.2, -0.15) is 18.3 Å². The fraction of sp³-hybridized carbons (Fsp3) is 0.414. The van der Waals surface area contributed by atoms with Crippen molar-refractivity contribution in [2.75, 3.05) is 37.4 Å². The highest BCUT2D eigenvalue weighted by Gasteiger charge is 2.36. The highest BCUT2D eigenvalue weighted by atomic mass is 19.4. The number of alkyl halides is 3. The molecule has 0 aromatic heterocycles.